The highest BCUT2D eigenvalue weighted by Crippen LogP contribution is 2.28. The Labute approximate surface area is 158 Å². The molecule has 0 saturated carbocycles. The maximum Gasteiger partial charge on any atom is 0.341 e. The van der Waals surface area contributed by atoms with Crippen LogP contribution in [0.25, 0.3) is 11.3 Å². The minimum absolute atomic E-state index is 0.383. The Kier molecular flexibility index (Phi) is 6.03. The molecule has 1 atom stereocenters. The van der Waals surface area contributed by atoms with Crippen LogP contribution < -0.4 is 4.74 Å². The Balaban J connectivity index is 1.84. The SMILES string of the molecule is C[C@]1(O)CCCN(Cc2cc(-c3cnccn3)ccc2OCC(=O)O)CC1. The molecule has 0 bridgehead atoms. The highest BCUT2D eigenvalue weighted by molar-refractivity contribution is 5.69. The van der Waals surface area contributed by atoms with Crippen molar-refractivity contribution < 1.29 is 19.7 Å². The van der Waals surface area contributed by atoms with Crippen LogP contribution >= 0.6 is 0 Å². The Hall–Kier alpha value is -2.51. The zero-order chi connectivity index (χ0) is 19.3. The van der Waals surface area contributed by atoms with Crippen LogP contribution in [0, 0.1) is 0 Å². The molecule has 2 N–H and O–H groups in total. The molecule has 1 fully saturated rings. The maximum atomic E-state index is 10.9. The second-order valence-electron chi connectivity index (χ2n) is 7.22. The van der Waals surface area contributed by atoms with Gasteiger partial charge < -0.3 is 14.9 Å². The van der Waals surface area contributed by atoms with Crippen molar-refractivity contribution in [3.05, 3.63) is 42.4 Å². The van der Waals surface area contributed by atoms with E-state index in [0.717, 1.165) is 42.8 Å². The smallest absolute Gasteiger partial charge is 0.341 e. The lowest BCUT2D eigenvalue weighted by molar-refractivity contribution is -0.139. The number of hydrogen-bond donors (Lipinski definition) is 2. The summed E-state index contributed by atoms with van der Waals surface area (Å²) in [6.07, 6.45) is 7.37. The molecule has 3 rings (SSSR count). The third-order valence-corrected chi connectivity index (χ3v) is 4.82. The molecule has 7 nitrogen and oxygen atoms in total. The molecule has 27 heavy (non-hydrogen) atoms. The summed E-state index contributed by atoms with van der Waals surface area (Å²) >= 11 is 0. The maximum absolute atomic E-state index is 10.9. The normalized spacial score (nSPS) is 20.8. The summed E-state index contributed by atoms with van der Waals surface area (Å²) in [6, 6.07) is 5.62. The molecule has 2 aromatic rings. The van der Waals surface area contributed by atoms with Crippen molar-refractivity contribution >= 4 is 5.97 Å². The number of benzene rings is 1. The van der Waals surface area contributed by atoms with Crippen LogP contribution in [0.2, 0.25) is 0 Å². The van der Waals surface area contributed by atoms with Gasteiger partial charge in [-0.1, -0.05) is 0 Å². The number of hydrogen-bond acceptors (Lipinski definition) is 6. The van der Waals surface area contributed by atoms with Gasteiger partial charge in [0, 0.05) is 36.6 Å². The van der Waals surface area contributed by atoms with Gasteiger partial charge in [0.1, 0.15) is 5.75 Å². The van der Waals surface area contributed by atoms with E-state index in [0.29, 0.717) is 18.7 Å². The second kappa shape index (κ2) is 8.45. The van der Waals surface area contributed by atoms with Gasteiger partial charge >= 0.3 is 5.97 Å². The van der Waals surface area contributed by atoms with Gasteiger partial charge in [0.15, 0.2) is 6.61 Å². The number of ether oxygens (including phenoxy) is 1. The molecule has 1 saturated heterocycles. The topological polar surface area (TPSA) is 95.8 Å². The van der Waals surface area contributed by atoms with Crippen molar-refractivity contribution in [2.75, 3.05) is 19.7 Å². The van der Waals surface area contributed by atoms with Crippen molar-refractivity contribution in [2.24, 2.45) is 0 Å². The van der Waals surface area contributed by atoms with E-state index in [1.54, 1.807) is 24.7 Å². The summed E-state index contributed by atoms with van der Waals surface area (Å²) in [5, 5.41) is 19.2. The Morgan fingerprint density at radius 2 is 2.15 bits per heavy atom. The van der Waals surface area contributed by atoms with Crippen LogP contribution in [0.5, 0.6) is 5.75 Å². The zero-order valence-corrected chi connectivity index (χ0v) is 15.5. The molecule has 0 amide bonds. The Morgan fingerprint density at radius 1 is 1.30 bits per heavy atom. The minimum atomic E-state index is -1.01. The summed E-state index contributed by atoms with van der Waals surface area (Å²) in [5.74, 6) is -0.453. The fourth-order valence-corrected chi connectivity index (χ4v) is 3.31. The van der Waals surface area contributed by atoms with Gasteiger partial charge in [-0.25, -0.2) is 4.79 Å². The number of likely N-dealkylation sites (tertiary alicyclic amines) is 1. The molecule has 0 aliphatic carbocycles. The van der Waals surface area contributed by atoms with Crippen LogP contribution in [0.4, 0.5) is 0 Å². The summed E-state index contributed by atoms with van der Waals surface area (Å²) in [6.45, 7) is 3.78. The Bertz CT molecular complexity index is 780. The zero-order valence-electron chi connectivity index (χ0n) is 15.5. The number of carbonyl (C=O) groups is 1. The first-order valence-corrected chi connectivity index (χ1v) is 9.12. The number of aromatic nitrogens is 2. The molecule has 1 aromatic carbocycles. The third-order valence-electron chi connectivity index (χ3n) is 4.82. The number of rotatable bonds is 6. The summed E-state index contributed by atoms with van der Waals surface area (Å²) in [4.78, 5) is 21.6. The van der Waals surface area contributed by atoms with Gasteiger partial charge in [0.25, 0.3) is 0 Å². The largest absolute Gasteiger partial charge is 0.482 e. The van der Waals surface area contributed by atoms with Gasteiger partial charge in [0.2, 0.25) is 0 Å². The van der Waals surface area contributed by atoms with Crippen molar-refractivity contribution in [1.82, 2.24) is 14.9 Å². The number of aliphatic hydroxyl groups is 1. The Morgan fingerprint density at radius 3 is 2.89 bits per heavy atom. The molecule has 0 unspecified atom stereocenters. The number of aliphatic carboxylic acids is 1. The predicted molar refractivity (Wildman–Crippen MR) is 100 cm³/mol. The molecular weight excluding hydrogens is 346 g/mol. The van der Waals surface area contributed by atoms with Gasteiger partial charge in [0.05, 0.1) is 17.5 Å². The van der Waals surface area contributed by atoms with Gasteiger partial charge in [-0.2, -0.15) is 0 Å². The molecule has 1 aliphatic heterocycles. The molecule has 7 heteroatoms. The molecule has 0 radical (unpaired) electrons. The predicted octanol–water partition coefficient (Wildman–Crippen LogP) is 2.34. The standard InChI is InChI=1S/C20H25N3O4/c1-20(26)5-2-9-23(10-6-20)13-16-11-15(17-12-21-7-8-22-17)3-4-18(16)27-14-19(24)25/h3-4,7-8,11-12,26H,2,5-6,9-10,13-14H2,1H3,(H,24,25)/t20-/m0/s1. The number of carboxylic acids is 1. The molecule has 2 heterocycles. The van der Waals surface area contributed by atoms with Crippen LogP contribution in [-0.2, 0) is 11.3 Å². The summed E-state index contributed by atoms with van der Waals surface area (Å²) in [5.41, 5.74) is 1.93. The highest BCUT2D eigenvalue weighted by Gasteiger charge is 2.25. The van der Waals surface area contributed by atoms with Gasteiger partial charge in [-0.05, 0) is 50.9 Å². The van der Waals surface area contributed by atoms with E-state index in [9.17, 15) is 9.90 Å². The lowest BCUT2D eigenvalue weighted by Gasteiger charge is -2.23. The van der Waals surface area contributed by atoms with Crippen molar-refractivity contribution in [2.45, 2.75) is 38.3 Å². The first-order chi connectivity index (χ1) is 12.9. The lowest BCUT2D eigenvalue weighted by Crippen LogP contribution is -2.28. The third kappa shape index (κ3) is 5.48. The van der Waals surface area contributed by atoms with Crippen molar-refractivity contribution in [1.29, 1.82) is 0 Å². The minimum Gasteiger partial charge on any atom is -0.482 e. The van der Waals surface area contributed by atoms with Crippen LogP contribution in [0.15, 0.2) is 36.8 Å². The fourth-order valence-electron chi connectivity index (χ4n) is 3.31. The van der Waals surface area contributed by atoms with E-state index in [1.807, 2.05) is 19.1 Å². The van der Waals surface area contributed by atoms with E-state index in [4.69, 9.17) is 9.84 Å². The number of nitrogens with zero attached hydrogens (tertiary/aromatic N) is 3. The first kappa shape index (κ1) is 19.3. The summed E-state index contributed by atoms with van der Waals surface area (Å²) < 4.78 is 5.49. The average Bonchev–Trinajstić information content (AvgIpc) is 2.82. The van der Waals surface area contributed by atoms with Crippen molar-refractivity contribution in [3.63, 3.8) is 0 Å². The van der Waals surface area contributed by atoms with Crippen LogP contribution in [-0.4, -0.2) is 56.3 Å². The monoisotopic (exact) mass is 371 g/mol. The molecule has 0 spiro atoms. The highest BCUT2D eigenvalue weighted by atomic mass is 16.5. The first-order valence-electron chi connectivity index (χ1n) is 9.12. The van der Waals surface area contributed by atoms with E-state index >= 15 is 0 Å². The molecule has 1 aliphatic rings. The van der Waals surface area contributed by atoms with Crippen LogP contribution in [0.3, 0.4) is 0 Å². The van der Waals surface area contributed by atoms with Gasteiger partial charge in [-0.3, -0.25) is 14.9 Å². The van der Waals surface area contributed by atoms with E-state index < -0.39 is 11.6 Å². The number of carboxylic acid groups (broad SMARTS) is 1. The van der Waals surface area contributed by atoms with E-state index in [2.05, 4.69) is 14.9 Å². The molecular formula is C20H25N3O4. The molecule has 1 aromatic heterocycles. The lowest BCUT2D eigenvalue weighted by atomic mass is 9.98. The average molecular weight is 371 g/mol. The van der Waals surface area contributed by atoms with Crippen molar-refractivity contribution in [3.8, 4) is 17.0 Å². The summed E-state index contributed by atoms with van der Waals surface area (Å²) in [7, 11) is 0. The quantitative estimate of drug-likeness (QED) is 0.804. The van der Waals surface area contributed by atoms with Crippen LogP contribution in [0.1, 0.15) is 31.7 Å². The molecule has 144 valence electrons. The van der Waals surface area contributed by atoms with Gasteiger partial charge in [-0.15, -0.1) is 0 Å². The van der Waals surface area contributed by atoms with E-state index in [-0.39, 0.29) is 6.61 Å². The second-order valence-corrected chi connectivity index (χ2v) is 7.22. The fraction of sp³-hybridized carbons (Fsp3) is 0.450. The van der Waals surface area contributed by atoms with E-state index in [1.165, 1.54) is 0 Å².